The third-order valence-corrected chi connectivity index (χ3v) is 3.42. The molecule has 0 aliphatic heterocycles. The highest BCUT2D eigenvalue weighted by atomic mass is 16.1. The Hall–Kier alpha value is -1.90. The molecule has 0 amide bonds. The van der Waals surface area contributed by atoms with Crippen LogP contribution in [0.15, 0.2) is 30.5 Å². The van der Waals surface area contributed by atoms with E-state index in [2.05, 4.69) is 43.2 Å². The number of rotatable bonds is 7. The molecule has 0 saturated heterocycles. The van der Waals surface area contributed by atoms with Crippen LogP contribution in [0.2, 0.25) is 0 Å². The lowest BCUT2D eigenvalue weighted by molar-refractivity contribution is 0.112. The minimum absolute atomic E-state index is 0.671. The summed E-state index contributed by atoms with van der Waals surface area (Å²) < 4.78 is 1.88. The lowest BCUT2D eigenvalue weighted by Gasteiger charge is -2.02. The number of aryl methyl sites for hydroxylation is 2. The summed E-state index contributed by atoms with van der Waals surface area (Å²) in [6.45, 7) is 5.19. The predicted molar refractivity (Wildman–Crippen MR) is 82.0 cm³/mol. The number of aldehydes is 1. The van der Waals surface area contributed by atoms with E-state index in [1.165, 1.54) is 5.56 Å². The average Bonchev–Trinajstić information content (AvgIpc) is 2.89. The van der Waals surface area contributed by atoms with E-state index < -0.39 is 0 Å². The Morgan fingerprint density at radius 1 is 1.15 bits per heavy atom. The number of aromatic nitrogens is 2. The van der Waals surface area contributed by atoms with E-state index in [1.54, 1.807) is 0 Å². The van der Waals surface area contributed by atoms with E-state index >= 15 is 0 Å². The number of hydrogen-bond donors (Lipinski definition) is 0. The fourth-order valence-electron chi connectivity index (χ4n) is 2.30. The normalized spacial score (nSPS) is 10.7. The Bertz CT molecular complexity index is 555. The van der Waals surface area contributed by atoms with Gasteiger partial charge in [-0.3, -0.25) is 9.48 Å². The van der Waals surface area contributed by atoms with Crippen LogP contribution in [0, 0.1) is 0 Å². The van der Waals surface area contributed by atoms with Crippen molar-refractivity contribution in [3.63, 3.8) is 0 Å². The zero-order valence-electron chi connectivity index (χ0n) is 12.3. The van der Waals surface area contributed by atoms with Gasteiger partial charge in [-0.05, 0) is 18.4 Å². The Morgan fingerprint density at radius 2 is 1.90 bits per heavy atom. The fraction of sp³-hybridized carbons (Fsp3) is 0.412. The molecule has 1 aromatic carbocycles. The van der Waals surface area contributed by atoms with Crippen LogP contribution in [0.1, 0.15) is 49.0 Å². The van der Waals surface area contributed by atoms with E-state index in [-0.39, 0.29) is 0 Å². The van der Waals surface area contributed by atoms with Gasteiger partial charge in [0.05, 0.1) is 5.56 Å². The molecule has 0 aliphatic rings. The number of hydrogen-bond acceptors (Lipinski definition) is 2. The molecule has 2 aromatic rings. The third-order valence-electron chi connectivity index (χ3n) is 3.42. The fourth-order valence-corrected chi connectivity index (χ4v) is 2.30. The highest BCUT2D eigenvalue weighted by Crippen LogP contribution is 2.22. The van der Waals surface area contributed by atoms with Gasteiger partial charge >= 0.3 is 0 Å². The summed E-state index contributed by atoms with van der Waals surface area (Å²) in [4.78, 5) is 11.2. The van der Waals surface area contributed by atoms with Gasteiger partial charge in [-0.25, -0.2) is 0 Å². The predicted octanol–water partition coefficient (Wildman–Crippen LogP) is 4.12. The smallest absolute Gasteiger partial charge is 0.153 e. The number of carbonyl (C=O) groups excluding carboxylic acids is 1. The molecule has 3 nitrogen and oxygen atoms in total. The highest BCUT2D eigenvalue weighted by Gasteiger charge is 2.10. The van der Waals surface area contributed by atoms with Crippen molar-refractivity contribution in [3.8, 4) is 11.3 Å². The number of unbranched alkanes of at least 4 members (excludes halogenated alkanes) is 1. The minimum atomic E-state index is 0.671. The molecule has 106 valence electrons. The molecule has 1 aromatic heterocycles. The second kappa shape index (κ2) is 7.04. The maximum atomic E-state index is 11.2. The maximum Gasteiger partial charge on any atom is 0.153 e. The second-order valence-electron chi connectivity index (χ2n) is 5.11. The van der Waals surface area contributed by atoms with E-state index in [1.807, 2.05) is 10.9 Å². The van der Waals surface area contributed by atoms with Crippen molar-refractivity contribution >= 4 is 6.29 Å². The second-order valence-corrected chi connectivity index (χ2v) is 5.11. The first-order valence-electron chi connectivity index (χ1n) is 7.40. The maximum absolute atomic E-state index is 11.2. The van der Waals surface area contributed by atoms with Crippen LogP contribution in [-0.4, -0.2) is 16.1 Å². The third kappa shape index (κ3) is 3.35. The Balaban J connectivity index is 2.26. The molecule has 0 fully saturated rings. The van der Waals surface area contributed by atoms with Crippen molar-refractivity contribution < 1.29 is 4.79 Å². The molecule has 0 bridgehead atoms. The quantitative estimate of drug-likeness (QED) is 0.709. The van der Waals surface area contributed by atoms with Gasteiger partial charge in [0.1, 0.15) is 5.69 Å². The van der Waals surface area contributed by atoms with Crippen LogP contribution in [0.3, 0.4) is 0 Å². The summed E-state index contributed by atoms with van der Waals surface area (Å²) in [7, 11) is 0. The van der Waals surface area contributed by atoms with Crippen LogP contribution in [-0.2, 0) is 13.0 Å². The van der Waals surface area contributed by atoms with Crippen LogP contribution in [0.25, 0.3) is 11.3 Å². The summed E-state index contributed by atoms with van der Waals surface area (Å²) >= 11 is 0. The standard InChI is InChI=1S/C17H22N2O/c1-3-5-11-19-12-16(13-20)17(18-19)15-9-7-14(6-4-2)8-10-15/h7-10,12-13H,3-6,11H2,1-2H3. The van der Waals surface area contributed by atoms with Crippen molar-refractivity contribution in [1.29, 1.82) is 0 Å². The summed E-state index contributed by atoms with van der Waals surface area (Å²) in [6, 6.07) is 8.37. The van der Waals surface area contributed by atoms with Gasteiger partial charge in [0, 0.05) is 18.3 Å². The molecule has 2 rings (SSSR count). The molecule has 0 radical (unpaired) electrons. The first kappa shape index (κ1) is 14.5. The molecule has 1 heterocycles. The van der Waals surface area contributed by atoms with E-state index in [9.17, 15) is 4.79 Å². The summed E-state index contributed by atoms with van der Waals surface area (Å²) in [5.41, 5.74) is 3.81. The van der Waals surface area contributed by atoms with Crippen molar-refractivity contribution in [2.24, 2.45) is 0 Å². The SMILES string of the molecule is CCCCn1cc(C=O)c(-c2ccc(CCC)cc2)n1. The molecule has 0 saturated carbocycles. The molecule has 0 atom stereocenters. The van der Waals surface area contributed by atoms with E-state index in [0.29, 0.717) is 5.56 Å². The topological polar surface area (TPSA) is 34.9 Å². The van der Waals surface area contributed by atoms with Gasteiger partial charge in [0.15, 0.2) is 6.29 Å². The molecular weight excluding hydrogens is 248 g/mol. The van der Waals surface area contributed by atoms with Crippen LogP contribution in [0.4, 0.5) is 0 Å². The van der Waals surface area contributed by atoms with Gasteiger partial charge in [0.25, 0.3) is 0 Å². The molecule has 3 heteroatoms. The van der Waals surface area contributed by atoms with Crippen LogP contribution < -0.4 is 0 Å². The average molecular weight is 270 g/mol. The van der Waals surface area contributed by atoms with Gasteiger partial charge in [-0.15, -0.1) is 0 Å². The first-order valence-corrected chi connectivity index (χ1v) is 7.40. The van der Waals surface area contributed by atoms with Gasteiger partial charge in [0.2, 0.25) is 0 Å². The lowest BCUT2D eigenvalue weighted by atomic mass is 10.0. The van der Waals surface area contributed by atoms with Crippen molar-refractivity contribution in [2.45, 2.75) is 46.1 Å². The van der Waals surface area contributed by atoms with Gasteiger partial charge < -0.3 is 0 Å². The Morgan fingerprint density at radius 3 is 2.50 bits per heavy atom. The molecule has 0 unspecified atom stereocenters. The monoisotopic (exact) mass is 270 g/mol. The summed E-state index contributed by atoms with van der Waals surface area (Å²) in [6.07, 6.45) is 7.17. The van der Waals surface area contributed by atoms with Crippen molar-refractivity contribution in [3.05, 3.63) is 41.6 Å². The lowest BCUT2D eigenvalue weighted by Crippen LogP contribution is -1.98. The summed E-state index contributed by atoms with van der Waals surface area (Å²) in [5, 5.41) is 4.55. The largest absolute Gasteiger partial charge is 0.298 e. The van der Waals surface area contributed by atoms with Gasteiger partial charge in [-0.1, -0.05) is 51.0 Å². The minimum Gasteiger partial charge on any atom is -0.298 e. The molecule has 20 heavy (non-hydrogen) atoms. The van der Waals surface area contributed by atoms with E-state index in [4.69, 9.17) is 0 Å². The molecule has 0 aliphatic carbocycles. The van der Waals surface area contributed by atoms with Gasteiger partial charge in [-0.2, -0.15) is 5.10 Å². The first-order chi connectivity index (χ1) is 9.78. The molecule has 0 spiro atoms. The van der Waals surface area contributed by atoms with E-state index in [0.717, 1.165) is 49.8 Å². The summed E-state index contributed by atoms with van der Waals surface area (Å²) in [5.74, 6) is 0. The number of nitrogens with zero attached hydrogens (tertiary/aromatic N) is 2. The molecule has 0 N–H and O–H groups in total. The van der Waals surface area contributed by atoms with Crippen LogP contribution in [0.5, 0.6) is 0 Å². The highest BCUT2D eigenvalue weighted by molar-refractivity contribution is 5.85. The Labute approximate surface area is 120 Å². The van der Waals surface area contributed by atoms with Crippen LogP contribution >= 0.6 is 0 Å². The van der Waals surface area contributed by atoms with Crippen molar-refractivity contribution in [1.82, 2.24) is 9.78 Å². The number of benzene rings is 1. The Kier molecular flexibility index (Phi) is 5.10. The molecular formula is C17H22N2O. The van der Waals surface area contributed by atoms with Crippen molar-refractivity contribution in [2.75, 3.05) is 0 Å². The zero-order valence-corrected chi connectivity index (χ0v) is 12.3. The zero-order chi connectivity index (χ0) is 14.4. The number of carbonyl (C=O) groups is 1.